The highest BCUT2D eigenvalue weighted by atomic mass is 32.2. The van der Waals surface area contributed by atoms with E-state index in [1.807, 2.05) is 0 Å². The van der Waals surface area contributed by atoms with Crippen molar-refractivity contribution in [3.8, 4) is 0 Å². The molecular formula is C12H13F2NO3S. The first kappa shape index (κ1) is 14.1. The minimum absolute atomic E-state index is 0.141. The average molecular weight is 289 g/mol. The lowest BCUT2D eigenvalue weighted by Crippen LogP contribution is -2.44. The molecule has 19 heavy (non-hydrogen) atoms. The molecule has 0 bridgehead atoms. The second-order valence-corrected chi connectivity index (χ2v) is 6.25. The van der Waals surface area contributed by atoms with Crippen molar-refractivity contribution in [2.24, 2.45) is 0 Å². The molecule has 1 atom stereocenters. The molecule has 0 N–H and O–H groups in total. The van der Waals surface area contributed by atoms with Gasteiger partial charge in [-0.3, -0.25) is 0 Å². The zero-order valence-electron chi connectivity index (χ0n) is 10.1. The van der Waals surface area contributed by atoms with Crippen molar-refractivity contribution in [2.75, 3.05) is 6.54 Å². The Morgan fingerprint density at radius 1 is 1.26 bits per heavy atom. The first-order valence-corrected chi connectivity index (χ1v) is 7.33. The Morgan fingerprint density at radius 3 is 2.68 bits per heavy atom. The highest BCUT2D eigenvalue weighted by Crippen LogP contribution is 2.26. The molecule has 1 fully saturated rings. The van der Waals surface area contributed by atoms with Crippen LogP contribution in [0.4, 0.5) is 8.78 Å². The number of nitrogens with zero attached hydrogens (tertiary/aromatic N) is 1. The van der Waals surface area contributed by atoms with Gasteiger partial charge in [0.15, 0.2) is 0 Å². The maximum atomic E-state index is 13.6. The normalized spacial score (nSPS) is 21.3. The summed E-state index contributed by atoms with van der Waals surface area (Å²) < 4.78 is 52.2. The van der Waals surface area contributed by atoms with Crippen molar-refractivity contribution < 1.29 is 22.0 Å². The number of aldehydes is 1. The Morgan fingerprint density at radius 2 is 2.00 bits per heavy atom. The van der Waals surface area contributed by atoms with E-state index >= 15 is 0 Å². The number of hydrogen-bond acceptors (Lipinski definition) is 3. The minimum Gasteiger partial charge on any atom is -0.302 e. The van der Waals surface area contributed by atoms with Gasteiger partial charge in [-0.2, -0.15) is 4.31 Å². The summed E-state index contributed by atoms with van der Waals surface area (Å²) >= 11 is 0. The van der Waals surface area contributed by atoms with Crippen LogP contribution in [0.25, 0.3) is 0 Å². The van der Waals surface area contributed by atoms with Gasteiger partial charge in [-0.05, 0) is 31.0 Å². The molecule has 0 spiro atoms. The van der Waals surface area contributed by atoms with E-state index in [0.29, 0.717) is 25.2 Å². The molecule has 1 unspecified atom stereocenters. The fourth-order valence-corrected chi connectivity index (χ4v) is 3.88. The van der Waals surface area contributed by atoms with Crippen LogP contribution in [0.1, 0.15) is 19.3 Å². The fourth-order valence-electron chi connectivity index (χ4n) is 2.17. The first-order chi connectivity index (χ1) is 8.96. The number of piperidine rings is 1. The molecule has 4 nitrogen and oxygen atoms in total. The Bertz CT molecular complexity index is 589. The minimum atomic E-state index is -4.19. The van der Waals surface area contributed by atoms with Crippen LogP contribution in [0, 0.1) is 11.6 Å². The monoisotopic (exact) mass is 289 g/mol. The third-order valence-electron chi connectivity index (χ3n) is 3.14. The molecule has 0 aromatic heterocycles. The number of halogens is 2. The van der Waals surface area contributed by atoms with Gasteiger partial charge in [0.05, 0.1) is 6.04 Å². The lowest BCUT2D eigenvalue weighted by molar-refractivity contribution is -0.111. The molecule has 1 aliphatic rings. The molecule has 0 saturated carbocycles. The van der Waals surface area contributed by atoms with Crippen LogP contribution in [0.15, 0.2) is 23.1 Å². The SMILES string of the molecule is O=CC1CCCCN1S(=O)(=O)c1cc(F)ccc1F. The summed E-state index contributed by atoms with van der Waals surface area (Å²) in [5.74, 6) is -1.85. The standard InChI is InChI=1S/C12H13F2NO3S/c13-9-4-5-11(14)12(7-9)19(17,18)15-6-2-1-3-10(15)8-16/h4-5,7-8,10H,1-3,6H2. The number of rotatable bonds is 3. The molecule has 1 aromatic carbocycles. The van der Waals surface area contributed by atoms with Crippen LogP contribution in [0.3, 0.4) is 0 Å². The Balaban J connectivity index is 2.46. The van der Waals surface area contributed by atoms with Crippen molar-refractivity contribution in [3.05, 3.63) is 29.8 Å². The van der Waals surface area contributed by atoms with Crippen molar-refractivity contribution in [1.82, 2.24) is 4.31 Å². The number of carbonyl (C=O) groups is 1. The zero-order chi connectivity index (χ0) is 14.0. The van der Waals surface area contributed by atoms with Crippen molar-refractivity contribution in [3.63, 3.8) is 0 Å². The van der Waals surface area contributed by atoms with Gasteiger partial charge in [0.2, 0.25) is 10.0 Å². The number of hydrogen-bond donors (Lipinski definition) is 0. The molecule has 0 aliphatic carbocycles. The maximum absolute atomic E-state index is 13.6. The molecule has 104 valence electrons. The average Bonchev–Trinajstić information content (AvgIpc) is 2.41. The molecule has 2 rings (SSSR count). The summed E-state index contributed by atoms with van der Waals surface area (Å²) in [6, 6.07) is 1.45. The quantitative estimate of drug-likeness (QED) is 0.796. The van der Waals surface area contributed by atoms with Crippen molar-refractivity contribution in [1.29, 1.82) is 0 Å². The Labute approximate surface area is 110 Å². The van der Waals surface area contributed by atoms with E-state index in [1.54, 1.807) is 0 Å². The van der Waals surface area contributed by atoms with E-state index in [4.69, 9.17) is 0 Å². The van der Waals surface area contributed by atoms with Crippen molar-refractivity contribution in [2.45, 2.75) is 30.2 Å². The molecule has 1 aliphatic heterocycles. The molecular weight excluding hydrogens is 276 g/mol. The summed E-state index contributed by atoms with van der Waals surface area (Å²) in [5.41, 5.74) is 0. The summed E-state index contributed by atoms with van der Waals surface area (Å²) in [7, 11) is -4.19. The van der Waals surface area contributed by atoms with Gasteiger partial charge >= 0.3 is 0 Å². The third-order valence-corrected chi connectivity index (χ3v) is 5.07. The predicted octanol–water partition coefficient (Wildman–Crippen LogP) is 1.71. The van der Waals surface area contributed by atoms with Crippen LogP contribution < -0.4 is 0 Å². The van der Waals surface area contributed by atoms with Crippen LogP contribution in [-0.4, -0.2) is 31.6 Å². The fraction of sp³-hybridized carbons (Fsp3) is 0.417. The van der Waals surface area contributed by atoms with Crippen LogP contribution >= 0.6 is 0 Å². The van der Waals surface area contributed by atoms with Crippen LogP contribution in [0.2, 0.25) is 0 Å². The predicted molar refractivity (Wildman–Crippen MR) is 64.0 cm³/mol. The molecule has 1 aromatic rings. The van der Waals surface area contributed by atoms with Gasteiger partial charge in [0.1, 0.15) is 22.8 Å². The Hall–Kier alpha value is -1.34. The van der Waals surface area contributed by atoms with E-state index in [2.05, 4.69) is 0 Å². The van der Waals surface area contributed by atoms with Crippen molar-refractivity contribution >= 4 is 16.3 Å². The van der Waals surface area contributed by atoms with E-state index in [1.165, 1.54) is 0 Å². The molecule has 1 saturated heterocycles. The van der Waals surface area contributed by atoms with Crippen LogP contribution in [0.5, 0.6) is 0 Å². The number of sulfonamides is 1. The molecule has 7 heteroatoms. The van der Waals surface area contributed by atoms with E-state index in [-0.39, 0.29) is 6.54 Å². The highest BCUT2D eigenvalue weighted by molar-refractivity contribution is 7.89. The topological polar surface area (TPSA) is 54.5 Å². The summed E-state index contributed by atoms with van der Waals surface area (Å²) in [6.07, 6.45) is 2.27. The smallest absolute Gasteiger partial charge is 0.246 e. The second kappa shape index (κ2) is 5.34. The first-order valence-electron chi connectivity index (χ1n) is 5.89. The summed E-state index contributed by atoms with van der Waals surface area (Å²) in [6.45, 7) is 0.141. The van der Waals surface area contributed by atoms with E-state index in [9.17, 15) is 22.0 Å². The lowest BCUT2D eigenvalue weighted by atomic mass is 10.1. The maximum Gasteiger partial charge on any atom is 0.246 e. The van der Waals surface area contributed by atoms with Gasteiger partial charge in [0, 0.05) is 6.54 Å². The number of benzene rings is 1. The van der Waals surface area contributed by atoms with Crippen LogP contribution in [-0.2, 0) is 14.8 Å². The van der Waals surface area contributed by atoms with E-state index in [0.717, 1.165) is 22.9 Å². The summed E-state index contributed by atoms with van der Waals surface area (Å²) in [4.78, 5) is 10.2. The van der Waals surface area contributed by atoms with Gasteiger partial charge in [0.25, 0.3) is 0 Å². The zero-order valence-corrected chi connectivity index (χ0v) is 10.9. The van der Waals surface area contributed by atoms with E-state index < -0.39 is 32.6 Å². The largest absolute Gasteiger partial charge is 0.302 e. The van der Waals surface area contributed by atoms with Gasteiger partial charge in [-0.1, -0.05) is 6.42 Å². The van der Waals surface area contributed by atoms with Gasteiger partial charge in [-0.15, -0.1) is 0 Å². The summed E-state index contributed by atoms with van der Waals surface area (Å²) in [5, 5.41) is 0. The third kappa shape index (κ3) is 2.66. The van der Waals surface area contributed by atoms with Gasteiger partial charge < -0.3 is 4.79 Å². The molecule has 1 heterocycles. The molecule has 0 radical (unpaired) electrons. The Kier molecular flexibility index (Phi) is 3.96. The number of carbonyl (C=O) groups excluding carboxylic acids is 1. The lowest BCUT2D eigenvalue weighted by Gasteiger charge is -2.31. The molecule has 0 amide bonds. The second-order valence-electron chi connectivity index (χ2n) is 4.39. The van der Waals surface area contributed by atoms with Gasteiger partial charge in [-0.25, -0.2) is 17.2 Å². The highest BCUT2D eigenvalue weighted by Gasteiger charge is 2.35.